The van der Waals surface area contributed by atoms with Crippen LogP contribution in [0.5, 0.6) is 0 Å². The molecule has 2 fully saturated rings. The Morgan fingerprint density at radius 3 is 2.75 bits per heavy atom. The lowest BCUT2D eigenvalue weighted by atomic mass is 9.89. The first-order chi connectivity index (χ1) is 9.56. The van der Waals surface area contributed by atoms with Crippen LogP contribution in [0.3, 0.4) is 0 Å². The van der Waals surface area contributed by atoms with Crippen molar-refractivity contribution in [3.8, 4) is 0 Å². The molecule has 2 aliphatic heterocycles. The molecule has 3 unspecified atom stereocenters. The molecule has 0 spiro atoms. The summed E-state index contributed by atoms with van der Waals surface area (Å²) in [5.74, 6) is 0.421. The maximum absolute atomic E-state index is 13.0. The normalized spacial score (nSPS) is 34.8. The molecule has 1 aromatic rings. The van der Waals surface area contributed by atoms with Crippen LogP contribution >= 0.6 is 0 Å². The van der Waals surface area contributed by atoms with Crippen molar-refractivity contribution in [2.24, 2.45) is 5.41 Å². The zero-order chi connectivity index (χ0) is 14.2. The molecule has 0 bridgehead atoms. The summed E-state index contributed by atoms with van der Waals surface area (Å²) in [5, 5.41) is 3.48. The summed E-state index contributed by atoms with van der Waals surface area (Å²) in [6.07, 6.45) is 2.46. The average Bonchev–Trinajstić information content (AvgIpc) is 2.98. The van der Waals surface area contributed by atoms with E-state index in [2.05, 4.69) is 24.1 Å². The van der Waals surface area contributed by atoms with Gasteiger partial charge in [0.05, 0.1) is 0 Å². The van der Waals surface area contributed by atoms with E-state index in [1.807, 2.05) is 12.1 Å². The van der Waals surface area contributed by atoms with Gasteiger partial charge < -0.3 is 5.32 Å². The zero-order valence-corrected chi connectivity index (χ0v) is 12.5. The number of hydrogen-bond donors (Lipinski definition) is 1. The van der Waals surface area contributed by atoms with Crippen LogP contribution in [0.25, 0.3) is 0 Å². The first-order valence-electron chi connectivity index (χ1n) is 7.76. The van der Waals surface area contributed by atoms with Gasteiger partial charge in [0.15, 0.2) is 0 Å². The third kappa shape index (κ3) is 2.89. The Kier molecular flexibility index (Phi) is 3.83. The van der Waals surface area contributed by atoms with Gasteiger partial charge in [0.25, 0.3) is 0 Å². The highest BCUT2D eigenvalue weighted by Gasteiger charge is 2.36. The molecule has 0 amide bonds. The van der Waals surface area contributed by atoms with Crippen LogP contribution in [0, 0.1) is 11.2 Å². The van der Waals surface area contributed by atoms with E-state index in [0.29, 0.717) is 17.4 Å². The Bertz CT molecular complexity index is 451. The Hall–Kier alpha value is -0.930. The van der Waals surface area contributed by atoms with Gasteiger partial charge >= 0.3 is 0 Å². The zero-order valence-electron chi connectivity index (χ0n) is 12.5. The Morgan fingerprint density at radius 1 is 1.35 bits per heavy atom. The molecule has 3 rings (SSSR count). The smallest absolute Gasteiger partial charge is 0.123 e. The van der Waals surface area contributed by atoms with Gasteiger partial charge in [0.2, 0.25) is 0 Å². The first kappa shape index (κ1) is 14.0. The molecular formula is C17H25FN2. The van der Waals surface area contributed by atoms with Crippen LogP contribution < -0.4 is 5.32 Å². The Balaban J connectivity index is 1.65. The number of likely N-dealkylation sites (tertiary alicyclic amines) is 1. The van der Waals surface area contributed by atoms with E-state index in [-0.39, 0.29) is 5.82 Å². The number of hydrogen-bond acceptors (Lipinski definition) is 2. The maximum Gasteiger partial charge on any atom is 0.123 e. The molecule has 0 aliphatic carbocycles. The van der Waals surface area contributed by atoms with Crippen LogP contribution in [0.4, 0.5) is 4.39 Å². The second-order valence-corrected chi connectivity index (χ2v) is 7.00. The van der Waals surface area contributed by atoms with E-state index in [9.17, 15) is 4.39 Å². The molecule has 3 heteroatoms. The monoisotopic (exact) mass is 276 g/mol. The molecule has 0 saturated carbocycles. The number of nitrogens with zero attached hydrogens (tertiary/aromatic N) is 1. The molecule has 2 aliphatic rings. The van der Waals surface area contributed by atoms with Crippen molar-refractivity contribution in [1.82, 2.24) is 10.2 Å². The number of rotatable bonds is 3. The summed E-state index contributed by atoms with van der Waals surface area (Å²) >= 11 is 0. The van der Waals surface area contributed by atoms with Gasteiger partial charge in [0.1, 0.15) is 5.82 Å². The molecule has 0 radical (unpaired) electrons. The lowest BCUT2D eigenvalue weighted by molar-refractivity contribution is 0.171. The van der Waals surface area contributed by atoms with Gasteiger partial charge in [-0.1, -0.05) is 19.1 Å². The fourth-order valence-corrected chi connectivity index (χ4v) is 3.79. The second-order valence-electron chi connectivity index (χ2n) is 7.00. The van der Waals surface area contributed by atoms with Crippen LogP contribution in [0.2, 0.25) is 0 Å². The van der Waals surface area contributed by atoms with Crippen molar-refractivity contribution in [2.75, 3.05) is 26.2 Å². The van der Waals surface area contributed by atoms with Gasteiger partial charge in [-0.25, -0.2) is 4.39 Å². The van der Waals surface area contributed by atoms with E-state index in [4.69, 9.17) is 0 Å². The second kappa shape index (κ2) is 5.45. The fourth-order valence-electron chi connectivity index (χ4n) is 3.79. The summed E-state index contributed by atoms with van der Waals surface area (Å²) in [6, 6.07) is 7.71. The van der Waals surface area contributed by atoms with Gasteiger partial charge in [0, 0.05) is 25.7 Å². The first-order valence-corrected chi connectivity index (χ1v) is 7.76. The van der Waals surface area contributed by atoms with Crippen LogP contribution in [0.15, 0.2) is 24.3 Å². The predicted molar refractivity (Wildman–Crippen MR) is 80.4 cm³/mol. The molecule has 20 heavy (non-hydrogen) atoms. The van der Waals surface area contributed by atoms with E-state index in [0.717, 1.165) is 19.6 Å². The van der Waals surface area contributed by atoms with Gasteiger partial charge in [-0.2, -0.15) is 0 Å². The van der Waals surface area contributed by atoms with E-state index >= 15 is 0 Å². The molecular weight excluding hydrogens is 251 g/mol. The van der Waals surface area contributed by atoms with Crippen LogP contribution in [-0.2, 0) is 0 Å². The summed E-state index contributed by atoms with van der Waals surface area (Å²) < 4.78 is 13.0. The van der Waals surface area contributed by atoms with Crippen molar-refractivity contribution in [1.29, 1.82) is 0 Å². The molecule has 110 valence electrons. The molecule has 2 saturated heterocycles. The molecule has 1 aromatic carbocycles. The van der Waals surface area contributed by atoms with Crippen molar-refractivity contribution < 1.29 is 4.39 Å². The summed E-state index contributed by atoms with van der Waals surface area (Å²) in [7, 11) is 0. The van der Waals surface area contributed by atoms with Crippen LogP contribution in [-0.4, -0.2) is 37.1 Å². The molecule has 1 N–H and O–H groups in total. The highest BCUT2D eigenvalue weighted by molar-refractivity contribution is 5.22. The van der Waals surface area contributed by atoms with Gasteiger partial charge in [-0.05, 0) is 55.3 Å². The quantitative estimate of drug-likeness (QED) is 0.913. The number of nitrogens with one attached hydrogen (secondary N) is 1. The van der Waals surface area contributed by atoms with Crippen molar-refractivity contribution in [3.05, 3.63) is 35.6 Å². The molecule has 2 heterocycles. The lowest BCUT2D eigenvalue weighted by Gasteiger charge is -2.31. The third-order valence-corrected chi connectivity index (χ3v) is 5.09. The largest absolute Gasteiger partial charge is 0.316 e. The Morgan fingerprint density at radius 2 is 2.10 bits per heavy atom. The molecule has 2 nitrogen and oxygen atoms in total. The van der Waals surface area contributed by atoms with Gasteiger partial charge in [-0.3, -0.25) is 4.90 Å². The summed E-state index contributed by atoms with van der Waals surface area (Å²) in [4.78, 5) is 2.63. The molecule has 3 atom stereocenters. The van der Waals surface area contributed by atoms with Crippen molar-refractivity contribution in [2.45, 2.75) is 38.6 Å². The van der Waals surface area contributed by atoms with Crippen LogP contribution in [0.1, 0.15) is 38.2 Å². The highest BCUT2D eigenvalue weighted by atomic mass is 19.1. The van der Waals surface area contributed by atoms with Crippen molar-refractivity contribution in [3.63, 3.8) is 0 Å². The Labute approximate surface area is 121 Å². The minimum absolute atomic E-state index is 0.138. The lowest BCUT2D eigenvalue weighted by Crippen LogP contribution is -2.39. The predicted octanol–water partition coefficient (Wildman–Crippen LogP) is 3.00. The number of halogens is 1. The van der Waals surface area contributed by atoms with Gasteiger partial charge in [-0.15, -0.1) is 0 Å². The minimum atomic E-state index is -0.138. The average molecular weight is 276 g/mol. The van der Waals surface area contributed by atoms with Crippen molar-refractivity contribution >= 4 is 0 Å². The topological polar surface area (TPSA) is 15.3 Å². The standard InChI is InChI=1S/C17H25FN2/c1-13-9-15(14-3-5-16(18)6-4-14)10-20(13)12-17(2)7-8-19-11-17/h3-6,13,15,19H,7-12H2,1-2H3. The molecule has 0 aromatic heterocycles. The fraction of sp³-hybridized carbons (Fsp3) is 0.647. The number of benzene rings is 1. The van der Waals surface area contributed by atoms with E-state index < -0.39 is 0 Å². The minimum Gasteiger partial charge on any atom is -0.316 e. The summed E-state index contributed by atoms with van der Waals surface area (Å²) in [6.45, 7) is 9.30. The summed E-state index contributed by atoms with van der Waals surface area (Å²) in [5.41, 5.74) is 1.71. The van der Waals surface area contributed by atoms with E-state index in [1.54, 1.807) is 12.1 Å². The maximum atomic E-state index is 13.0. The van der Waals surface area contributed by atoms with E-state index in [1.165, 1.54) is 24.9 Å². The third-order valence-electron chi connectivity index (χ3n) is 5.09. The SMILES string of the molecule is CC1CC(c2ccc(F)cc2)CN1CC1(C)CCNC1. The highest BCUT2D eigenvalue weighted by Crippen LogP contribution is 2.35.